The van der Waals surface area contributed by atoms with Gasteiger partial charge in [-0.1, -0.05) is 6.08 Å². The number of aliphatic carboxylic acids is 1. The summed E-state index contributed by atoms with van der Waals surface area (Å²) < 4.78 is 0. The molecule has 0 bridgehead atoms. The van der Waals surface area contributed by atoms with Crippen LogP contribution in [0.25, 0.3) is 0 Å². The summed E-state index contributed by atoms with van der Waals surface area (Å²) in [5.41, 5.74) is 0.731. The lowest BCUT2D eigenvalue weighted by Crippen LogP contribution is -2.38. The minimum absolute atomic E-state index is 0.368. The SMILES string of the molecule is C=CCN[C@@H](Cc1c[nH]cn1)C(=O)O. The summed E-state index contributed by atoms with van der Waals surface area (Å²) in [5, 5.41) is 11.7. The molecule has 76 valence electrons. The number of carboxylic acids is 1. The van der Waals surface area contributed by atoms with Gasteiger partial charge in [-0.05, 0) is 0 Å². The molecule has 1 rings (SSSR count). The van der Waals surface area contributed by atoms with Gasteiger partial charge in [-0.25, -0.2) is 4.98 Å². The van der Waals surface area contributed by atoms with Crippen molar-refractivity contribution in [2.75, 3.05) is 6.54 Å². The Hall–Kier alpha value is -1.62. The molecule has 0 radical (unpaired) electrons. The largest absolute Gasteiger partial charge is 0.480 e. The number of carboxylic acid groups (broad SMARTS) is 1. The van der Waals surface area contributed by atoms with Gasteiger partial charge in [0.05, 0.1) is 12.0 Å². The number of imidazole rings is 1. The molecule has 3 N–H and O–H groups in total. The van der Waals surface area contributed by atoms with Gasteiger partial charge < -0.3 is 15.4 Å². The molecule has 14 heavy (non-hydrogen) atoms. The van der Waals surface area contributed by atoms with Crippen LogP contribution in [0.2, 0.25) is 0 Å². The molecule has 1 heterocycles. The summed E-state index contributed by atoms with van der Waals surface area (Å²) in [4.78, 5) is 17.5. The monoisotopic (exact) mass is 195 g/mol. The van der Waals surface area contributed by atoms with Gasteiger partial charge in [0.25, 0.3) is 0 Å². The average molecular weight is 195 g/mol. The number of hydrogen-bond acceptors (Lipinski definition) is 3. The highest BCUT2D eigenvalue weighted by molar-refractivity contribution is 5.73. The zero-order chi connectivity index (χ0) is 10.4. The number of H-pyrrole nitrogens is 1. The maximum absolute atomic E-state index is 10.8. The number of rotatable bonds is 6. The molecule has 0 saturated carbocycles. The maximum atomic E-state index is 10.8. The fraction of sp³-hybridized carbons (Fsp3) is 0.333. The Morgan fingerprint density at radius 3 is 3.14 bits per heavy atom. The second-order valence-electron chi connectivity index (χ2n) is 2.85. The first-order valence-corrected chi connectivity index (χ1v) is 4.28. The van der Waals surface area contributed by atoms with Crippen LogP contribution in [0.1, 0.15) is 5.69 Å². The third-order valence-corrected chi connectivity index (χ3v) is 1.77. The molecule has 5 nitrogen and oxygen atoms in total. The number of hydrogen-bond donors (Lipinski definition) is 3. The van der Waals surface area contributed by atoms with Crippen molar-refractivity contribution < 1.29 is 9.90 Å². The lowest BCUT2D eigenvalue weighted by atomic mass is 10.1. The molecule has 1 aromatic heterocycles. The smallest absolute Gasteiger partial charge is 0.321 e. The summed E-state index contributed by atoms with van der Waals surface area (Å²) in [7, 11) is 0. The van der Waals surface area contributed by atoms with Gasteiger partial charge in [0, 0.05) is 19.2 Å². The van der Waals surface area contributed by atoms with E-state index in [0.717, 1.165) is 5.69 Å². The molecule has 0 aliphatic heterocycles. The Morgan fingerprint density at radius 1 is 1.86 bits per heavy atom. The van der Waals surface area contributed by atoms with Crippen LogP contribution in [0, 0.1) is 0 Å². The van der Waals surface area contributed by atoms with Crippen LogP contribution in [-0.2, 0) is 11.2 Å². The van der Waals surface area contributed by atoms with Crippen molar-refractivity contribution in [1.29, 1.82) is 0 Å². The molecule has 0 aliphatic carbocycles. The number of nitrogens with one attached hydrogen (secondary N) is 2. The second kappa shape index (κ2) is 5.18. The summed E-state index contributed by atoms with van der Waals surface area (Å²) >= 11 is 0. The van der Waals surface area contributed by atoms with Crippen molar-refractivity contribution in [3.8, 4) is 0 Å². The molecule has 0 fully saturated rings. The maximum Gasteiger partial charge on any atom is 0.321 e. The average Bonchev–Trinajstić information content (AvgIpc) is 2.64. The lowest BCUT2D eigenvalue weighted by molar-refractivity contribution is -0.139. The van der Waals surface area contributed by atoms with Crippen LogP contribution in [0.15, 0.2) is 25.2 Å². The normalized spacial score (nSPS) is 12.3. The molecule has 1 aromatic rings. The van der Waals surface area contributed by atoms with Gasteiger partial charge in [0.1, 0.15) is 6.04 Å². The third-order valence-electron chi connectivity index (χ3n) is 1.77. The molecule has 5 heteroatoms. The van der Waals surface area contributed by atoms with Crippen LogP contribution in [0.4, 0.5) is 0 Å². The fourth-order valence-electron chi connectivity index (χ4n) is 1.08. The predicted molar refractivity (Wildman–Crippen MR) is 51.9 cm³/mol. The van der Waals surface area contributed by atoms with E-state index in [1.54, 1.807) is 12.3 Å². The van der Waals surface area contributed by atoms with Crippen molar-refractivity contribution in [2.24, 2.45) is 0 Å². The van der Waals surface area contributed by atoms with Gasteiger partial charge in [0.15, 0.2) is 0 Å². The van der Waals surface area contributed by atoms with E-state index in [2.05, 4.69) is 21.9 Å². The van der Waals surface area contributed by atoms with Gasteiger partial charge >= 0.3 is 5.97 Å². The Bertz CT molecular complexity index is 295. The molecule has 0 saturated heterocycles. The van der Waals surface area contributed by atoms with E-state index in [4.69, 9.17) is 5.11 Å². The van der Waals surface area contributed by atoms with Crippen LogP contribution in [0.5, 0.6) is 0 Å². The van der Waals surface area contributed by atoms with Crippen molar-refractivity contribution in [2.45, 2.75) is 12.5 Å². The number of aromatic nitrogens is 2. The standard InChI is InChI=1S/C9H13N3O2/c1-2-3-11-8(9(13)14)4-7-5-10-6-12-7/h2,5-6,8,11H,1,3-4H2,(H,10,12)(H,13,14)/t8-/m0/s1. The summed E-state index contributed by atoms with van der Waals surface area (Å²) in [6, 6.07) is -0.615. The van der Waals surface area contributed by atoms with E-state index in [1.807, 2.05) is 0 Å². The van der Waals surface area contributed by atoms with Crippen LogP contribution in [0.3, 0.4) is 0 Å². The van der Waals surface area contributed by atoms with Gasteiger partial charge in [-0.3, -0.25) is 4.79 Å². The number of carbonyl (C=O) groups is 1. The highest BCUT2D eigenvalue weighted by Gasteiger charge is 2.17. The lowest BCUT2D eigenvalue weighted by Gasteiger charge is -2.10. The Morgan fingerprint density at radius 2 is 2.64 bits per heavy atom. The van der Waals surface area contributed by atoms with Crippen molar-refractivity contribution in [3.63, 3.8) is 0 Å². The first kappa shape index (κ1) is 10.5. The third kappa shape index (κ3) is 3.02. The van der Waals surface area contributed by atoms with Crippen LogP contribution < -0.4 is 5.32 Å². The molecule has 0 spiro atoms. The highest BCUT2D eigenvalue weighted by atomic mass is 16.4. The molecule has 0 unspecified atom stereocenters. The molecule has 1 atom stereocenters. The Kier molecular flexibility index (Phi) is 3.87. The Balaban J connectivity index is 2.51. The van der Waals surface area contributed by atoms with Gasteiger partial charge in [0.2, 0.25) is 0 Å². The first-order valence-electron chi connectivity index (χ1n) is 4.28. The van der Waals surface area contributed by atoms with E-state index >= 15 is 0 Å². The quantitative estimate of drug-likeness (QED) is 0.566. The van der Waals surface area contributed by atoms with Gasteiger partial charge in [-0.15, -0.1) is 6.58 Å². The number of aromatic amines is 1. The van der Waals surface area contributed by atoms with Crippen LogP contribution in [-0.4, -0.2) is 33.6 Å². The second-order valence-corrected chi connectivity index (χ2v) is 2.85. The van der Waals surface area contributed by atoms with E-state index in [0.29, 0.717) is 13.0 Å². The molecule has 0 aromatic carbocycles. The molecular formula is C9H13N3O2. The fourth-order valence-corrected chi connectivity index (χ4v) is 1.08. The summed E-state index contributed by atoms with van der Waals surface area (Å²) in [6.07, 6.45) is 5.21. The predicted octanol–water partition coefficient (Wildman–Crippen LogP) is 0.181. The molecule has 0 amide bonds. The van der Waals surface area contributed by atoms with E-state index in [9.17, 15) is 4.79 Å². The van der Waals surface area contributed by atoms with Crippen LogP contribution >= 0.6 is 0 Å². The zero-order valence-corrected chi connectivity index (χ0v) is 7.73. The Labute approximate surface area is 81.9 Å². The zero-order valence-electron chi connectivity index (χ0n) is 7.73. The minimum atomic E-state index is -0.880. The first-order chi connectivity index (χ1) is 6.74. The summed E-state index contributed by atoms with van der Waals surface area (Å²) in [6.45, 7) is 3.99. The van der Waals surface area contributed by atoms with Crippen molar-refractivity contribution in [3.05, 3.63) is 30.9 Å². The summed E-state index contributed by atoms with van der Waals surface area (Å²) in [5.74, 6) is -0.880. The van der Waals surface area contributed by atoms with E-state index in [-0.39, 0.29) is 0 Å². The number of nitrogens with zero attached hydrogens (tertiary/aromatic N) is 1. The van der Waals surface area contributed by atoms with E-state index < -0.39 is 12.0 Å². The van der Waals surface area contributed by atoms with Crippen molar-refractivity contribution in [1.82, 2.24) is 15.3 Å². The topological polar surface area (TPSA) is 78.0 Å². The highest BCUT2D eigenvalue weighted by Crippen LogP contribution is 1.98. The molecular weight excluding hydrogens is 182 g/mol. The van der Waals surface area contributed by atoms with E-state index in [1.165, 1.54) is 6.33 Å². The van der Waals surface area contributed by atoms with Crippen molar-refractivity contribution >= 4 is 5.97 Å². The van der Waals surface area contributed by atoms with Gasteiger partial charge in [-0.2, -0.15) is 0 Å². The minimum Gasteiger partial charge on any atom is -0.480 e. The molecule has 0 aliphatic rings.